The van der Waals surface area contributed by atoms with Crippen molar-refractivity contribution in [3.63, 3.8) is 0 Å². The molecule has 14 nitrogen and oxygen atoms in total. The highest BCUT2D eigenvalue weighted by atomic mass is 35.5. The second kappa shape index (κ2) is 17.4. The van der Waals surface area contributed by atoms with E-state index in [9.17, 15) is 9.90 Å². The van der Waals surface area contributed by atoms with Crippen molar-refractivity contribution in [1.82, 2.24) is 19.9 Å². The van der Waals surface area contributed by atoms with Crippen LogP contribution in [0.5, 0.6) is 0 Å². The van der Waals surface area contributed by atoms with Crippen LogP contribution in [0, 0.1) is 6.92 Å². The number of rotatable bonds is 19. The second-order valence-electron chi connectivity index (χ2n) is 9.28. The van der Waals surface area contributed by atoms with Crippen molar-refractivity contribution in [3.05, 3.63) is 70.2 Å². The van der Waals surface area contributed by atoms with Crippen LogP contribution in [-0.2, 0) is 20.8 Å². The van der Waals surface area contributed by atoms with Crippen molar-refractivity contribution in [1.29, 1.82) is 0 Å². The summed E-state index contributed by atoms with van der Waals surface area (Å²) in [6.07, 6.45) is 4.29. The van der Waals surface area contributed by atoms with Gasteiger partial charge < -0.3 is 44.8 Å². The van der Waals surface area contributed by atoms with Gasteiger partial charge in [0, 0.05) is 29.5 Å². The Labute approximate surface area is 269 Å². The minimum atomic E-state index is -1.14. The molecule has 0 fully saturated rings. The number of carbonyl (C=O) groups is 1. The summed E-state index contributed by atoms with van der Waals surface area (Å²) < 4.78 is 22.2. The van der Waals surface area contributed by atoms with E-state index in [2.05, 4.69) is 35.9 Å². The van der Waals surface area contributed by atoms with Crippen LogP contribution >= 0.6 is 23.2 Å². The summed E-state index contributed by atoms with van der Waals surface area (Å²) in [5.74, 6) is 0.845. The molecule has 0 aliphatic heterocycles. The highest BCUT2D eigenvalue weighted by Gasteiger charge is 2.18. The van der Waals surface area contributed by atoms with Gasteiger partial charge in [-0.1, -0.05) is 23.2 Å². The number of nitrogens with zero attached hydrogens (tertiary/aromatic N) is 4. The van der Waals surface area contributed by atoms with Gasteiger partial charge in [0.2, 0.25) is 5.89 Å². The first-order valence-electron chi connectivity index (χ1n) is 13.9. The Morgan fingerprint density at radius 1 is 0.956 bits per heavy atom. The number of aliphatic hydroxyl groups is 1. The van der Waals surface area contributed by atoms with Crippen LogP contribution < -0.4 is 16.0 Å². The molecular weight excluding hydrogens is 629 g/mol. The molecule has 3 aromatic heterocycles. The number of hydrogen-bond acceptors (Lipinski definition) is 13. The zero-order valence-corrected chi connectivity index (χ0v) is 25.9. The van der Waals surface area contributed by atoms with E-state index in [0.717, 1.165) is 0 Å². The Morgan fingerprint density at radius 2 is 1.69 bits per heavy atom. The van der Waals surface area contributed by atoms with Crippen molar-refractivity contribution >= 4 is 52.2 Å². The average Bonchev–Trinajstić information content (AvgIpc) is 3.49. The molecule has 0 saturated heterocycles. The Morgan fingerprint density at radius 3 is 2.44 bits per heavy atom. The number of ether oxygens (including phenoxy) is 3. The maximum Gasteiger partial charge on any atom is 0.339 e. The number of halogens is 2. The molecule has 4 aromatic rings. The zero-order chi connectivity index (χ0) is 32.0. The summed E-state index contributed by atoms with van der Waals surface area (Å²) in [6, 6.07) is 6.59. The molecule has 4 rings (SSSR count). The van der Waals surface area contributed by atoms with Gasteiger partial charge in [-0.25, -0.2) is 19.7 Å². The van der Waals surface area contributed by atoms with Crippen LogP contribution in [0.1, 0.15) is 22.1 Å². The Balaban J connectivity index is 1.46. The van der Waals surface area contributed by atoms with Crippen LogP contribution in [0.25, 0.3) is 11.3 Å². The number of anilines is 4. The first-order valence-corrected chi connectivity index (χ1v) is 14.7. The fourth-order valence-electron chi connectivity index (χ4n) is 3.97. The van der Waals surface area contributed by atoms with E-state index in [-0.39, 0.29) is 25.3 Å². The fourth-order valence-corrected chi connectivity index (χ4v) is 4.36. The molecule has 240 valence electrons. The number of aromatic nitrogens is 4. The average molecular weight is 663 g/mol. The van der Waals surface area contributed by atoms with Crippen molar-refractivity contribution in [2.45, 2.75) is 13.5 Å². The van der Waals surface area contributed by atoms with Crippen LogP contribution in [0.3, 0.4) is 0 Å². The van der Waals surface area contributed by atoms with Crippen molar-refractivity contribution < 1.29 is 33.6 Å². The third kappa shape index (κ3) is 10.2. The van der Waals surface area contributed by atoms with Gasteiger partial charge in [0.15, 0.2) is 17.4 Å². The lowest BCUT2D eigenvalue weighted by Crippen LogP contribution is -2.17. The molecule has 0 spiro atoms. The van der Waals surface area contributed by atoms with E-state index in [1.165, 1.54) is 12.4 Å². The molecule has 0 aliphatic rings. The first-order chi connectivity index (χ1) is 21.9. The normalized spacial score (nSPS) is 11.0. The molecule has 16 heteroatoms. The summed E-state index contributed by atoms with van der Waals surface area (Å²) in [5, 5.41) is 28.9. The summed E-state index contributed by atoms with van der Waals surface area (Å²) in [7, 11) is 0. The molecule has 0 saturated carbocycles. The lowest BCUT2D eigenvalue weighted by molar-refractivity contribution is 0.00920. The number of aliphatic hydroxyl groups excluding tert-OH is 1. The van der Waals surface area contributed by atoms with E-state index >= 15 is 0 Å². The van der Waals surface area contributed by atoms with E-state index < -0.39 is 5.97 Å². The predicted molar refractivity (Wildman–Crippen MR) is 169 cm³/mol. The van der Waals surface area contributed by atoms with E-state index in [0.29, 0.717) is 95.7 Å². The molecule has 0 bridgehead atoms. The molecule has 0 aliphatic carbocycles. The SMILES string of the molecule is Cc1nc(NCCOCCOCCOCCO)c(NCc2ncc(-c3cc(Cl)ccc3Cl)o2)c(Nc2ccncc2C(=O)O)n1. The van der Waals surface area contributed by atoms with Gasteiger partial charge in [-0.2, -0.15) is 0 Å². The van der Waals surface area contributed by atoms with Gasteiger partial charge in [-0.3, -0.25) is 4.98 Å². The third-order valence-corrected chi connectivity index (χ3v) is 6.57. The Hall–Kier alpha value is -4.05. The third-order valence-electron chi connectivity index (χ3n) is 6.01. The summed E-state index contributed by atoms with van der Waals surface area (Å²) in [6.45, 7) is 4.45. The number of nitrogens with one attached hydrogen (secondary N) is 3. The quantitative estimate of drug-likeness (QED) is 0.0874. The molecule has 0 unspecified atom stereocenters. The number of aryl methyl sites for hydroxylation is 1. The van der Waals surface area contributed by atoms with Crippen LogP contribution in [0.4, 0.5) is 23.0 Å². The van der Waals surface area contributed by atoms with E-state index in [1.54, 1.807) is 37.4 Å². The molecular formula is C29H33Cl2N7O7. The molecule has 0 atom stereocenters. The van der Waals surface area contributed by atoms with Gasteiger partial charge in [-0.15, -0.1) is 0 Å². The fraction of sp³-hybridized carbons (Fsp3) is 0.345. The van der Waals surface area contributed by atoms with Crippen molar-refractivity contribution in [2.24, 2.45) is 0 Å². The number of carboxylic acids is 1. The maximum absolute atomic E-state index is 11.8. The van der Waals surface area contributed by atoms with Gasteiger partial charge in [0.05, 0.1) is 69.7 Å². The highest BCUT2D eigenvalue weighted by molar-refractivity contribution is 6.35. The number of oxazole rings is 1. The lowest BCUT2D eigenvalue weighted by atomic mass is 10.2. The Bertz CT molecular complexity index is 1560. The molecule has 45 heavy (non-hydrogen) atoms. The minimum absolute atomic E-state index is 0.0240. The van der Waals surface area contributed by atoms with Gasteiger partial charge >= 0.3 is 5.97 Å². The van der Waals surface area contributed by atoms with Crippen LogP contribution in [-0.4, -0.2) is 88.9 Å². The molecule has 0 radical (unpaired) electrons. The standard InChI is InChI=1S/C29H33Cl2N7O7/c1-18-36-27(33-6-8-42-10-12-44-13-11-43-9-7-39)26(28(37-18)38-23-4-5-32-15-21(23)29(40)41)35-17-25-34-16-24(45-25)20-14-19(30)2-3-22(20)31/h2-5,14-16,35,39H,6-13,17H2,1H3,(H,40,41)(H2,32,33,36,37,38). The van der Waals surface area contributed by atoms with Crippen LogP contribution in [0.15, 0.2) is 47.3 Å². The number of benzene rings is 1. The van der Waals surface area contributed by atoms with Gasteiger partial charge in [0.25, 0.3) is 0 Å². The largest absolute Gasteiger partial charge is 0.478 e. The molecule has 3 heterocycles. The van der Waals surface area contributed by atoms with E-state index in [4.69, 9.17) is 46.9 Å². The van der Waals surface area contributed by atoms with E-state index in [1.807, 2.05) is 0 Å². The summed E-state index contributed by atoms with van der Waals surface area (Å²) in [4.78, 5) is 29.2. The Kier molecular flexibility index (Phi) is 13.1. The highest BCUT2D eigenvalue weighted by Crippen LogP contribution is 2.33. The maximum atomic E-state index is 11.8. The molecule has 0 amide bonds. The topological polar surface area (TPSA) is 186 Å². The van der Waals surface area contributed by atoms with Gasteiger partial charge in [0.1, 0.15) is 17.1 Å². The van der Waals surface area contributed by atoms with Gasteiger partial charge in [-0.05, 0) is 31.2 Å². The number of hydrogen-bond donors (Lipinski definition) is 5. The number of pyridine rings is 1. The molecule has 1 aromatic carbocycles. The number of aromatic carboxylic acids is 1. The molecule has 5 N–H and O–H groups in total. The minimum Gasteiger partial charge on any atom is -0.478 e. The second-order valence-corrected chi connectivity index (χ2v) is 10.1. The number of carboxylic acid groups (broad SMARTS) is 1. The summed E-state index contributed by atoms with van der Waals surface area (Å²) in [5.41, 5.74) is 1.32. The lowest BCUT2D eigenvalue weighted by Gasteiger charge is -2.18. The first kappa shape index (κ1) is 33.8. The van der Waals surface area contributed by atoms with Crippen LogP contribution in [0.2, 0.25) is 10.0 Å². The summed E-state index contributed by atoms with van der Waals surface area (Å²) >= 11 is 12.5. The smallest absolute Gasteiger partial charge is 0.339 e. The van der Waals surface area contributed by atoms with Crippen molar-refractivity contribution in [3.8, 4) is 11.3 Å². The predicted octanol–water partition coefficient (Wildman–Crippen LogP) is 4.65. The zero-order valence-electron chi connectivity index (χ0n) is 24.4. The van der Waals surface area contributed by atoms with Crippen molar-refractivity contribution in [2.75, 3.05) is 68.7 Å². The monoisotopic (exact) mass is 661 g/mol.